The number of carbonyl (C=O) groups excluding carboxylic acids is 2. The highest BCUT2D eigenvalue weighted by molar-refractivity contribution is 6.04. The third-order valence-electron chi connectivity index (χ3n) is 5.27. The van der Waals surface area contributed by atoms with Crippen molar-refractivity contribution in [3.63, 3.8) is 0 Å². The molecule has 0 unspecified atom stereocenters. The van der Waals surface area contributed by atoms with Crippen molar-refractivity contribution < 1.29 is 9.59 Å². The number of rotatable bonds is 4. The molecule has 0 aromatic heterocycles. The summed E-state index contributed by atoms with van der Waals surface area (Å²) in [4.78, 5) is 25.1. The van der Waals surface area contributed by atoms with Crippen molar-refractivity contribution in [3.8, 4) is 0 Å². The zero-order valence-corrected chi connectivity index (χ0v) is 14.2. The highest BCUT2D eigenvalue weighted by atomic mass is 16.2. The average molecular weight is 308 g/mol. The first kappa shape index (κ1) is 17.3. The fourth-order valence-electron chi connectivity index (χ4n) is 3.51. The molecule has 0 bridgehead atoms. The average Bonchev–Trinajstić information content (AvgIpc) is 2.76. The molecule has 2 rings (SSSR count). The van der Waals surface area contributed by atoms with Crippen LogP contribution in [0.2, 0.25) is 0 Å². The molecule has 2 N–H and O–H groups in total. The lowest BCUT2D eigenvalue weighted by Gasteiger charge is -2.30. The lowest BCUT2D eigenvalue weighted by Crippen LogP contribution is -2.52. The quantitative estimate of drug-likeness (QED) is 0.618. The van der Waals surface area contributed by atoms with Crippen LogP contribution in [0.4, 0.5) is 0 Å². The minimum absolute atomic E-state index is 0.118. The molecule has 0 aliphatic heterocycles. The van der Waals surface area contributed by atoms with Gasteiger partial charge in [-0.1, -0.05) is 44.9 Å². The van der Waals surface area contributed by atoms with Crippen LogP contribution in [-0.4, -0.2) is 23.9 Å². The van der Waals surface area contributed by atoms with Crippen molar-refractivity contribution in [1.29, 1.82) is 0 Å². The number of hydrogen-bond acceptors (Lipinski definition) is 2. The molecule has 0 spiro atoms. The van der Waals surface area contributed by atoms with Crippen molar-refractivity contribution in [2.45, 2.75) is 96.6 Å². The van der Waals surface area contributed by atoms with Gasteiger partial charge in [0.05, 0.1) is 0 Å². The molecule has 2 amide bonds. The molecule has 4 nitrogen and oxygen atoms in total. The predicted octanol–water partition coefficient (Wildman–Crippen LogP) is 3.30. The van der Waals surface area contributed by atoms with E-state index in [-0.39, 0.29) is 23.9 Å². The van der Waals surface area contributed by atoms with Crippen LogP contribution in [0.25, 0.3) is 0 Å². The largest absolute Gasteiger partial charge is 0.352 e. The Labute approximate surface area is 134 Å². The number of carbonyl (C=O) groups is 2. The topological polar surface area (TPSA) is 58.2 Å². The lowest BCUT2D eigenvalue weighted by molar-refractivity contribution is -0.142. The van der Waals surface area contributed by atoms with E-state index >= 15 is 0 Å². The first-order chi connectivity index (χ1) is 10.5. The number of hydrogen-bond donors (Lipinski definition) is 2. The maximum absolute atomic E-state index is 12.6. The third-order valence-corrected chi connectivity index (χ3v) is 5.27. The van der Waals surface area contributed by atoms with Gasteiger partial charge >= 0.3 is 0 Å². The zero-order chi connectivity index (χ0) is 16.0. The van der Waals surface area contributed by atoms with Gasteiger partial charge in [0.25, 0.3) is 0 Å². The van der Waals surface area contributed by atoms with Crippen LogP contribution >= 0.6 is 0 Å². The summed E-state index contributed by atoms with van der Waals surface area (Å²) in [6, 6.07) is 0.503. The normalized spacial score (nSPS) is 21.9. The molecule has 0 saturated heterocycles. The predicted molar refractivity (Wildman–Crippen MR) is 88.4 cm³/mol. The summed E-state index contributed by atoms with van der Waals surface area (Å²) in [5.74, 6) is -0.238. The van der Waals surface area contributed by atoms with Gasteiger partial charge in [-0.15, -0.1) is 0 Å². The van der Waals surface area contributed by atoms with E-state index in [1.165, 1.54) is 44.9 Å². The summed E-state index contributed by atoms with van der Waals surface area (Å²) in [5, 5.41) is 6.21. The maximum atomic E-state index is 12.6. The van der Waals surface area contributed by atoms with E-state index in [4.69, 9.17) is 0 Å². The highest BCUT2D eigenvalue weighted by Crippen LogP contribution is 2.23. The van der Waals surface area contributed by atoms with Gasteiger partial charge in [0.1, 0.15) is 5.41 Å². The van der Waals surface area contributed by atoms with Gasteiger partial charge < -0.3 is 10.6 Å². The van der Waals surface area contributed by atoms with Gasteiger partial charge in [0.15, 0.2) is 0 Å². The van der Waals surface area contributed by atoms with Crippen LogP contribution in [0, 0.1) is 5.41 Å². The Morgan fingerprint density at radius 1 is 0.682 bits per heavy atom. The Bertz CT molecular complexity index is 379. The summed E-state index contributed by atoms with van der Waals surface area (Å²) in [6.07, 6.45) is 12.7. The first-order valence-corrected chi connectivity index (χ1v) is 9.12. The minimum atomic E-state index is -0.982. The molecule has 126 valence electrons. The SMILES string of the molecule is CC(C)(C(=O)NC1CCCCCC1)C(=O)NC1CCCCC1. The van der Waals surface area contributed by atoms with E-state index in [2.05, 4.69) is 10.6 Å². The van der Waals surface area contributed by atoms with Gasteiger partial charge in [0.2, 0.25) is 11.8 Å². The third kappa shape index (κ3) is 4.72. The fraction of sp³-hybridized carbons (Fsp3) is 0.889. The van der Waals surface area contributed by atoms with E-state index in [0.29, 0.717) is 0 Å². The Kier molecular flexibility index (Phi) is 6.27. The van der Waals surface area contributed by atoms with Crippen molar-refractivity contribution in [3.05, 3.63) is 0 Å². The Morgan fingerprint density at radius 3 is 1.36 bits per heavy atom. The number of nitrogens with one attached hydrogen (secondary N) is 2. The Morgan fingerprint density at radius 2 is 1.00 bits per heavy atom. The van der Waals surface area contributed by atoms with Gasteiger partial charge in [-0.2, -0.15) is 0 Å². The zero-order valence-electron chi connectivity index (χ0n) is 14.2. The lowest BCUT2D eigenvalue weighted by atomic mass is 9.88. The highest BCUT2D eigenvalue weighted by Gasteiger charge is 2.38. The second kappa shape index (κ2) is 7.98. The molecule has 2 aliphatic carbocycles. The maximum Gasteiger partial charge on any atom is 0.235 e. The van der Waals surface area contributed by atoms with Gasteiger partial charge in [-0.3, -0.25) is 9.59 Å². The molecular formula is C18H32N2O2. The molecule has 22 heavy (non-hydrogen) atoms. The van der Waals surface area contributed by atoms with E-state index < -0.39 is 5.41 Å². The Balaban J connectivity index is 1.86. The van der Waals surface area contributed by atoms with Crippen LogP contribution in [0.15, 0.2) is 0 Å². The van der Waals surface area contributed by atoms with Crippen molar-refractivity contribution >= 4 is 11.8 Å². The smallest absolute Gasteiger partial charge is 0.235 e. The van der Waals surface area contributed by atoms with Crippen LogP contribution in [0.5, 0.6) is 0 Å². The van der Waals surface area contributed by atoms with Crippen LogP contribution < -0.4 is 10.6 Å². The monoisotopic (exact) mass is 308 g/mol. The molecule has 4 heteroatoms. The minimum Gasteiger partial charge on any atom is -0.352 e. The summed E-state index contributed by atoms with van der Waals surface area (Å²) in [5.41, 5.74) is -0.982. The van der Waals surface area contributed by atoms with Crippen LogP contribution in [0.1, 0.15) is 84.5 Å². The van der Waals surface area contributed by atoms with Gasteiger partial charge in [-0.25, -0.2) is 0 Å². The molecule has 2 aliphatic rings. The van der Waals surface area contributed by atoms with E-state index in [0.717, 1.165) is 25.7 Å². The van der Waals surface area contributed by atoms with Crippen LogP contribution in [-0.2, 0) is 9.59 Å². The summed E-state index contributed by atoms with van der Waals surface area (Å²) >= 11 is 0. The molecule has 0 aromatic carbocycles. The molecular weight excluding hydrogens is 276 g/mol. The summed E-state index contributed by atoms with van der Waals surface area (Å²) in [7, 11) is 0. The van der Waals surface area contributed by atoms with Crippen molar-refractivity contribution in [2.24, 2.45) is 5.41 Å². The first-order valence-electron chi connectivity index (χ1n) is 9.12. The van der Waals surface area contributed by atoms with E-state index in [9.17, 15) is 9.59 Å². The molecule has 2 saturated carbocycles. The molecule has 0 heterocycles. The van der Waals surface area contributed by atoms with E-state index in [1.807, 2.05) is 0 Å². The van der Waals surface area contributed by atoms with Gasteiger partial charge in [0, 0.05) is 12.1 Å². The van der Waals surface area contributed by atoms with Crippen molar-refractivity contribution in [1.82, 2.24) is 10.6 Å². The van der Waals surface area contributed by atoms with Gasteiger partial charge in [-0.05, 0) is 39.5 Å². The second-order valence-corrected chi connectivity index (χ2v) is 7.60. The number of amides is 2. The van der Waals surface area contributed by atoms with Crippen molar-refractivity contribution in [2.75, 3.05) is 0 Å². The molecule has 0 aromatic rings. The van der Waals surface area contributed by atoms with E-state index in [1.54, 1.807) is 13.8 Å². The Hall–Kier alpha value is -1.06. The summed E-state index contributed by atoms with van der Waals surface area (Å²) in [6.45, 7) is 3.49. The standard InChI is InChI=1S/C18H32N2O2/c1-18(2,17(22)20-15-12-8-5-9-13-15)16(21)19-14-10-6-3-4-7-11-14/h14-15H,3-13H2,1-2H3,(H,19,21)(H,20,22). The van der Waals surface area contributed by atoms with Crippen LogP contribution in [0.3, 0.4) is 0 Å². The molecule has 0 atom stereocenters. The molecule has 0 radical (unpaired) electrons. The fourth-order valence-corrected chi connectivity index (χ4v) is 3.51. The molecule has 2 fully saturated rings. The second-order valence-electron chi connectivity index (χ2n) is 7.60. The summed E-state index contributed by atoms with van der Waals surface area (Å²) < 4.78 is 0.